The summed E-state index contributed by atoms with van der Waals surface area (Å²) in [6, 6.07) is 4.89. The van der Waals surface area contributed by atoms with Crippen molar-refractivity contribution in [2.24, 2.45) is 0 Å². The molecule has 0 unspecified atom stereocenters. The zero-order valence-electron chi connectivity index (χ0n) is 16.7. The van der Waals surface area contributed by atoms with E-state index < -0.39 is 31.6 Å². The molecular formula is C20H26N2O7S. The number of nitro groups is 1. The zero-order chi connectivity index (χ0) is 21.6. The first-order valence-electron chi connectivity index (χ1n) is 10.2. The van der Waals surface area contributed by atoms with Crippen LogP contribution in [0.25, 0.3) is 0 Å². The minimum Gasteiger partial charge on any atom is -0.458 e. The molecule has 0 aliphatic heterocycles. The van der Waals surface area contributed by atoms with E-state index in [0.29, 0.717) is 12.8 Å². The van der Waals surface area contributed by atoms with Gasteiger partial charge in [-0.3, -0.25) is 10.1 Å². The molecule has 9 nitrogen and oxygen atoms in total. The first kappa shape index (κ1) is 22.2. The van der Waals surface area contributed by atoms with Crippen LogP contribution in [0.4, 0.5) is 5.69 Å². The fraction of sp³-hybridized carbons (Fsp3) is 0.550. The Hall–Kier alpha value is -2.46. The number of para-hydroxylation sites is 1. The van der Waals surface area contributed by atoms with E-state index >= 15 is 0 Å². The van der Waals surface area contributed by atoms with E-state index in [1.165, 1.54) is 12.1 Å². The summed E-state index contributed by atoms with van der Waals surface area (Å²) in [7, 11) is -4.53. The smallest absolute Gasteiger partial charge is 0.356 e. The van der Waals surface area contributed by atoms with Gasteiger partial charge in [-0.2, -0.15) is 8.42 Å². The van der Waals surface area contributed by atoms with E-state index in [1.54, 1.807) is 0 Å². The number of ether oxygens (including phenoxy) is 1. The Morgan fingerprint density at radius 3 is 2.33 bits per heavy atom. The second-order valence-electron chi connectivity index (χ2n) is 7.57. The van der Waals surface area contributed by atoms with Gasteiger partial charge in [0.05, 0.1) is 4.92 Å². The van der Waals surface area contributed by atoms with Crippen LogP contribution in [0.3, 0.4) is 0 Å². The van der Waals surface area contributed by atoms with Crippen molar-refractivity contribution in [3.05, 3.63) is 45.6 Å². The first-order valence-corrected chi connectivity index (χ1v) is 11.7. The highest BCUT2D eigenvalue weighted by Crippen LogP contribution is 2.28. The molecule has 2 aliphatic carbocycles. The van der Waals surface area contributed by atoms with Gasteiger partial charge in [0.15, 0.2) is 4.90 Å². The molecule has 0 bridgehead atoms. The van der Waals surface area contributed by atoms with E-state index in [-0.39, 0.29) is 11.8 Å². The predicted octanol–water partition coefficient (Wildman–Crippen LogP) is 3.90. The fourth-order valence-electron chi connectivity index (χ4n) is 3.84. The number of esters is 1. The quantitative estimate of drug-likeness (QED) is 0.294. The SMILES string of the molecule is O=C(OC1CCCCC1)C(NOS(=O)(=O)c1ccccc1[N+](=O)[O-])=C1CCCCC1. The Bertz CT molecular complexity index is 913. The van der Waals surface area contributed by atoms with E-state index in [1.807, 2.05) is 0 Å². The molecule has 0 atom stereocenters. The normalized spacial score (nSPS) is 17.9. The summed E-state index contributed by atoms with van der Waals surface area (Å²) < 4.78 is 35.7. The summed E-state index contributed by atoms with van der Waals surface area (Å²) in [5.41, 5.74) is 2.42. The monoisotopic (exact) mass is 438 g/mol. The lowest BCUT2D eigenvalue weighted by Gasteiger charge is -2.24. The molecule has 2 saturated carbocycles. The zero-order valence-corrected chi connectivity index (χ0v) is 17.5. The maximum atomic E-state index is 12.8. The van der Waals surface area contributed by atoms with E-state index in [9.17, 15) is 23.3 Å². The van der Waals surface area contributed by atoms with Gasteiger partial charge in [-0.05, 0) is 63.0 Å². The van der Waals surface area contributed by atoms with E-state index in [0.717, 1.165) is 69.1 Å². The average Bonchev–Trinajstić information content (AvgIpc) is 2.75. The molecule has 0 saturated heterocycles. The molecule has 10 heteroatoms. The van der Waals surface area contributed by atoms with Gasteiger partial charge in [-0.25, -0.2) is 10.3 Å². The van der Waals surface area contributed by atoms with Gasteiger partial charge in [0, 0.05) is 6.07 Å². The van der Waals surface area contributed by atoms with E-state index in [2.05, 4.69) is 5.48 Å². The van der Waals surface area contributed by atoms with Gasteiger partial charge < -0.3 is 4.74 Å². The lowest BCUT2D eigenvalue weighted by atomic mass is 9.93. The van der Waals surface area contributed by atoms with Crippen molar-refractivity contribution in [2.45, 2.75) is 75.2 Å². The van der Waals surface area contributed by atoms with Crippen molar-refractivity contribution >= 4 is 21.8 Å². The molecule has 3 rings (SSSR count). The topological polar surface area (TPSA) is 125 Å². The van der Waals surface area contributed by atoms with Gasteiger partial charge in [0.25, 0.3) is 5.69 Å². The molecule has 2 aliphatic rings. The molecule has 0 aromatic heterocycles. The molecule has 30 heavy (non-hydrogen) atoms. The molecule has 0 spiro atoms. The van der Waals surface area contributed by atoms with Crippen LogP contribution < -0.4 is 5.48 Å². The number of hydrogen-bond donors (Lipinski definition) is 1. The third kappa shape index (κ3) is 5.57. The number of nitro benzene ring substituents is 1. The minimum atomic E-state index is -4.53. The van der Waals surface area contributed by atoms with Gasteiger partial charge in [-0.1, -0.05) is 25.0 Å². The minimum absolute atomic E-state index is 0.0116. The Morgan fingerprint density at radius 1 is 1.03 bits per heavy atom. The maximum Gasteiger partial charge on any atom is 0.356 e. The number of hydroxylamine groups is 1. The van der Waals surface area contributed by atoms with Crippen molar-refractivity contribution in [3.8, 4) is 0 Å². The third-order valence-electron chi connectivity index (χ3n) is 5.43. The van der Waals surface area contributed by atoms with Crippen LogP contribution in [0.5, 0.6) is 0 Å². The number of rotatable bonds is 7. The second-order valence-corrected chi connectivity index (χ2v) is 9.08. The second kappa shape index (κ2) is 10.0. The molecule has 164 valence electrons. The highest BCUT2D eigenvalue weighted by molar-refractivity contribution is 7.86. The van der Waals surface area contributed by atoms with Crippen molar-refractivity contribution in [2.75, 3.05) is 0 Å². The number of nitrogens with zero attached hydrogens (tertiary/aromatic N) is 1. The van der Waals surface area contributed by atoms with Crippen LogP contribution in [0.2, 0.25) is 0 Å². The van der Waals surface area contributed by atoms with Crippen LogP contribution in [-0.4, -0.2) is 25.4 Å². The van der Waals surface area contributed by atoms with Gasteiger partial charge in [-0.15, -0.1) is 4.28 Å². The fourth-order valence-corrected chi connectivity index (χ4v) is 4.77. The summed E-state index contributed by atoms with van der Waals surface area (Å²) in [4.78, 5) is 22.6. The number of carbonyl (C=O) groups excluding carboxylic acids is 1. The highest BCUT2D eigenvalue weighted by Gasteiger charge is 2.29. The Labute approximate surface area is 175 Å². The Balaban J connectivity index is 1.80. The number of nitrogens with one attached hydrogen (secondary N) is 1. The molecule has 0 heterocycles. The van der Waals surface area contributed by atoms with Crippen LogP contribution in [0.1, 0.15) is 64.2 Å². The molecule has 0 amide bonds. The number of carbonyl (C=O) groups is 1. The summed E-state index contributed by atoms with van der Waals surface area (Å²) in [5, 5.41) is 11.2. The summed E-state index contributed by atoms with van der Waals surface area (Å²) in [6.07, 6.45) is 8.52. The average molecular weight is 439 g/mol. The highest BCUT2D eigenvalue weighted by atomic mass is 32.2. The van der Waals surface area contributed by atoms with Crippen LogP contribution in [-0.2, 0) is 23.9 Å². The van der Waals surface area contributed by atoms with Gasteiger partial charge in [0.1, 0.15) is 11.8 Å². The standard InChI is InChI=1S/C20H26N2O7S/c23-20(28-16-11-5-2-6-12-16)19(15-9-3-1-4-10-15)21-29-30(26,27)18-14-8-7-13-17(18)22(24)25/h7-8,13-14,16,21H,1-6,9-12H2. The van der Waals surface area contributed by atoms with Crippen molar-refractivity contribution in [1.82, 2.24) is 5.48 Å². The number of allylic oxidation sites excluding steroid dienone is 1. The van der Waals surface area contributed by atoms with Crippen LogP contribution in [0.15, 0.2) is 40.4 Å². The largest absolute Gasteiger partial charge is 0.458 e. The van der Waals surface area contributed by atoms with Gasteiger partial charge >= 0.3 is 16.1 Å². The lowest BCUT2D eigenvalue weighted by molar-refractivity contribution is -0.387. The molecule has 2 fully saturated rings. The lowest BCUT2D eigenvalue weighted by Crippen LogP contribution is -2.31. The number of benzene rings is 1. The maximum absolute atomic E-state index is 12.8. The molecule has 1 N–H and O–H groups in total. The predicted molar refractivity (Wildman–Crippen MR) is 108 cm³/mol. The molecule has 1 aromatic rings. The van der Waals surface area contributed by atoms with E-state index in [4.69, 9.17) is 9.02 Å². The first-order chi connectivity index (χ1) is 14.4. The van der Waals surface area contributed by atoms with Crippen LogP contribution >= 0.6 is 0 Å². The molecule has 1 aromatic carbocycles. The molecule has 0 radical (unpaired) electrons. The summed E-state index contributed by atoms with van der Waals surface area (Å²) in [6.45, 7) is 0. The van der Waals surface area contributed by atoms with Crippen molar-refractivity contribution in [1.29, 1.82) is 0 Å². The van der Waals surface area contributed by atoms with Crippen molar-refractivity contribution in [3.63, 3.8) is 0 Å². The Morgan fingerprint density at radius 2 is 1.67 bits per heavy atom. The van der Waals surface area contributed by atoms with Crippen LogP contribution in [0, 0.1) is 10.1 Å². The number of hydrogen-bond acceptors (Lipinski definition) is 8. The summed E-state index contributed by atoms with van der Waals surface area (Å²) >= 11 is 0. The summed E-state index contributed by atoms with van der Waals surface area (Å²) in [5.74, 6) is -0.642. The third-order valence-corrected chi connectivity index (χ3v) is 6.61. The van der Waals surface area contributed by atoms with Gasteiger partial charge in [0.2, 0.25) is 0 Å². The molecular weight excluding hydrogens is 412 g/mol. The Kier molecular flexibility index (Phi) is 7.43. The van der Waals surface area contributed by atoms with Crippen molar-refractivity contribution < 1.29 is 27.2 Å².